The molecule has 1 heterocycles. The third-order valence-corrected chi connectivity index (χ3v) is 5.52. The fourth-order valence-corrected chi connectivity index (χ4v) is 4.94. The van der Waals surface area contributed by atoms with E-state index in [2.05, 4.69) is 36.6 Å². The van der Waals surface area contributed by atoms with Crippen LogP contribution in [0, 0.1) is 0 Å². The van der Waals surface area contributed by atoms with Crippen LogP contribution in [-0.2, 0) is 14.3 Å². The second-order valence-electron chi connectivity index (χ2n) is 6.36. The maximum atomic E-state index is 12.1. The highest BCUT2D eigenvalue weighted by Gasteiger charge is 2.40. The van der Waals surface area contributed by atoms with E-state index >= 15 is 0 Å². The number of rotatable bonds is 8. The zero-order valence-corrected chi connectivity index (χ0v) is 16.0. The van der Waals surface area contributed by atoms with E-state index in [0.717, 1.165) is 13.0 Å². The van der Waals surface area contributed by atoms with Gasteiger partial charge in [-0.15, -0.1) is 9.24 Å². The van der Waals surface area contributed by atoms with Gasteiger partial charge in [-0.2, -0.15) is 11.8 Å². The molecule has 1 aliphatic heterocycles. The van der Waals surface area contributed by atoms with Crippen LogP contribution in [0.2, 0.25) is 0 Å². The van der Waals surface area contributed by atoms with Gasteiger partial charge in [-0.3, -0.25) is 4.79 Å². The number of amides is 1. The van der Waals surface area contributed by atoms with Gasteiger partial charge in [-0.25, -0.2) is 4.79 Å². The molecule has 0 saturated carbocycles. The van der Waals surface area contributed by atoms with Crippen molar-refractivity contribution in [2.75, 3.05) is 18.9 Å². The van der Waals surface area contributed by atoms with Gasteiger partial charge in [-0.05, 0) is 32.9 Å². The highest BCUT2D eigenvalue weighted by Crippen LogP contribution is 2.37. The van der Waals surface area contributed by atoms with Crippen molar-refractivity contribution < 1.29 is 14.3 Å². The van der Waals surface area contributed by atoms with Crippen LogP contribution in [0.5, 0.6) is 0 Å². The first-order chi connectivity index (χ1) is 10.2. The van der Waals surface area contributed by atoms with Crippen LogP contribution in [0.3, 0.4) is 0 Å². The number of likely N-dealkylation sites (tertiary alicyclic amines) is 1. The van der Waals surface area contributed by atoms with Crippen molar-refractivity contribution in [1.82, 2.24) is 4.90 Å². The molecule has 6 heteroatoms. The molecular weight excluding hydrogens is 317 g/mol. The summed E-state index contributed by atoms with van der Waals surface area (Å²) >= 11 is 1.74. The third-order valence-electron chi connectivity index (χ3n) is 3.80. The van der Waals surface area contributed by atoms with E-state index in [1.54, 1.807) is 18.7 Å². The van der Waals surface area contributed by atoms with Gasteiger partial charge in [0.25, 0.3) is 0 Å². The van der Waals surface area contributed by atoms with Crippen LogP contribution in [0.15, 0.2) is 12.2 Å². The van der Waals surface area contributed by atoms with Crippen molar-refractivity contribution in [1.29, 1.82) is 0 Å². The molecule has 1 amide bonds. The Bertz CT molecular complexity index is 437. The van der Waals surface area contributed by atoms with Crippen molar-refractivity contribution in [3.05, 3.63) is 12.2 Å². The molecule has 1 rings (SSSR count). The average Bonchev–Trinajstić information content (AvgIpc) is 2.80. The van der Waals surface area contributed by atoms with Gasteiger partial charge in [0.15, 0.2) is 0 Å². The fourth-order valence-electron chi connectivity index (χ4n) is 2.90. The van der Waals surface area contributed by atoms with E-state index in [9.17, 15) is 9.59 Å². The molecule has 126 valence electrons. The number of carbonyl (C=O) groups excluding carboxylic acids is 2. The highest BCUT2D eigenvalue weighted by molar-refractivity contribution is 8.00. The number of thioether (sulfide) groups is 1. The van der Waals surface area contributed by atoms with Crippen molar-refractivity contribution in [2.24, 2.45) is 0 Å². The van der Waals surface area contributed by atoms with Gasteiger partial charge in [0, 0.05) is 29.0 Å². The van der Waals surface area contributed by atoms with Gasteiger partial charge in [0.05, 0.1) is 6.04 Å². The molecule has 0 aliphatic carbocycles. The van der Waals surface area contributed by atoms with Crippen LogP contribution < -0.4 is 0 Å². The lowest BCUT2D eigenvalue weighted by molar-refractivity contribution is -0.138. The second kappa shape index (κ2) is 8.35. The van der Waals surface area contributed by atoms with Crippen molar-refractivity contribution in [3.8, 4) is 0 Å². The van der Waals surface area contributed by atoms with E-state index in [1.807, 2.05) is 4.90 Å². The number of hydrogen-bond acceptors (Lipinski definition) is 4. The molecular formula is C16H28NO3PS. The summed E-state index contributed by atoms with van der Waals surface area (Å²) in [5.74, 6) is 0.618. The number of ether oxygens (including phenoxy) is 1. The molecule has 1 saturated heterocycles. The Balaban J connectivity index is 2.59. The fraction of sp³-hybridized carbons (Fsp3) is 0.750. The Labute approximate surface area is 140 Å². The van der Waals surface area contributed by atoms with Crippen LogP contribution in [0.4, 0.5) is 0 Å². The smallest absolute Gasteiger partial charge is 0.333 e. The zero-order chi connectivity index (χ0) is 16.9. The Morgan fingerprint density at radius 2 is 2.18 bits per heavy atom. The van der Waals surface area contributed by atoms with Gasteiger partial charge in [0.2, 0.25) is 5.91 Å². The molecule has 3 atom stereocenters. The zero-order valence-electron chi connectivity index (χ0n) is 14.1. The Kier molecular flexibility index (Phi) is 7.40. The van der Waals surface area contributed by atoms with Crippen LogP contribution in [0.1, 0.15) is 40.5 Å². The Hall–Kier alpha value is -0.540. The minimum absolute atomic E-state index is 0.100. The number of hydrogen-bond donors (Lipinski definition) is 0. The van der Waals surface area contributed by atoms with Crippen molar-refractivity contribution >= 4 is 32.9 Å². The Morgan fingerprint density at radius 1 is 1.55 bits per heavy atom. The lowest BCUT2D eigenvalue weighted by Crippen LogP contribution is -2.52. The predicted molar refractivity (Wildman–Crippen MR) is 96.2 cm³/mol. The summed E-state index contributed by atoms with van der Waals surface area (Å²) in [5, 5.41) is 0. The Morgan fingerprint density at radius 3 is 2.64 bits per heavy atom. The van der Waals surface area contributed by atoms with E-state index < -0.39 is 0 Å². The van der Waals surface area contributed by atoms with Crippen LogP contribution >= 0.6 is 21.0 Å². The summed E-state index contributed by atoms with van der Waals surface area (Å²) in [5.41, 5.74) is 0.728. The van der Waals surface area contributed by atoms with Crippen molar-refractivity contribution in [3.63, 3.8) is 0 Å². The highest BCUT2D eigenvalue weighted by atomic mass is 32.2. The first-order valence-corrected chi connectivity index (χ1v) is 9.33. The summed E-state index contributed by atoms with van der Waals surface area (Å²) in [6.07, 6.45) is 1.61. The molecule has 22 heavy (non-hydrogen) atoms. The molecule has 0 bridgehead atoms. The average molecular weight is 345 g/mol. The molecule has 0 spiro atoms. The number of carbonyl (C=O) groups is 2. The molecule has 0 aromatic rings. The lowest BCUT2D eigenvalue weighted by Gasteiger charge is -2.42. The van der Waals surface area contributed by atoms with E-state index in [4.69, 9.17) is 4.74 Å². The molecule has 0 aromatic heterocycles. The lowest BCUT2D eigenvalue weighted by atomic mass is 9.98. The normalized spacial score (nSPS) is 18.2. The largest absolute Gasteiger partial charge is 0.461 e. The number of esters is 1. The maximum absolute atomic E-state index is 12.1. The van der Waals surface area contributed by atoms with E-state index in [0.29, 0.717) is 30.0 Å². The monoisotopic (exact) mass is 345 g/mol. The SMILES string of the molecule is C=C(C)C(=O)OCCSC(C)(C)C(C(C)P)N1CCCC1=O. The molecule has 1 fully saturated rings. The van der Waals surface area contributed by atoms with Gasteiger partial charge in [0.1, 0.15) is 6.61 Å². The van der Waals surface area contributed by atoms with Gasteiger partial charge < -0.3 is 9.64 Å². The number of nitrogens with zero attached hydrogens (tertiary/aromatic N) is 1. The first-order valence-electron chi connectivity index (χ1n) is 7.68. The maximum Gasteiger partial charge on any atom is 0.333 e. The van der Waals surface area contributed by atoms with Crippen molar-refractivity contribution in [2.45, 2.75) is 57.0 Å². The third kappa shape index (κ3) is 5.27. The molecule has 4 nitrogen and oxygen atoms in total. The molecule has 0 aromatic carbocycles. The van der Waals surface area contributed by atoms with Gasteiger partial charge >= 0.3 is 5.97 Å². The summed E-state index contributed by atoms with van der Waals surface area (Å²) in [6.45, 7) is 12.9. The predicted octanol–water partition coefficient (Wildman–Crippen LogP) is 2.87. The van der Waals surface area contributed by atoms with Crippen LogP contribution in [0.25, 0.3) is 0 Å². The van der Waals surface area contributed by atoms with Gasteiger partial charge in [-0.1, -0.05) is 13.5 Å². The summed E-state index contributed by atoms with van der Waals surface area (Å²) < 4.78 is 5.04. The van der Waals surface area contributed by atoms with E-state index in [1.165, 1.54) is 0 Å². The standard InChI is InChI=1S/C16H28NO3PS/c1-11(2)15(19)20-9-10-22-16(4,5)14(12(3)21)17-8-6-7-13(17)18/h12,14H,1,6-10,21H2,2-5H3. The minimum Gasteiger partial charge on any atom is -0.461 e. The topological polar surface area (TPSA) is 46.6 Å². The summed E-state index contributed by atoms with van der Waals surface area (Å²) in [6, 6.07) is 0.161. The minimum atomic E-state index is -0.343. The van der Waals surface area contributed by atoms with E-state index in [-0.39, 0.29) is 22.7 Å². The second-order valence-corrected chi connectivity index (χ2v) is 9.16. The first kappa shape index (κ1) is 19.5. The summed E-state index contributed by atoms with van der Waals surface area (Å²) in [4.78, 5) is 25.5. The van der Waals surface area contributed by atoms with Crippen LogP contribution in [-0.4, -0.2) is 52.1 Å². The molecule has 0 radical (unpaired) electrons. The summed E-state index contributed by atoms with van der Waals surface area (Å²) in [7, 11) is 2.83. The molecule has 3 unspecified atom stereocenters. The quantitative estimate of drug-likeness (QED) is 0.294. The molecule has 1 aliphatic rings. The molecule has 0 N–H and O–H groups in total.